The van der Waals surface area contributed by atoms with Crippen LogP contribution in [0, 0.1) is 5.92 Å². The molecule has 106 valence electrons. The van der Waals surface area contributed by atoms with E-state index < -0.39 is 0 Å². The first-order valence-corrected chi connectivity index (χ1v) is 8.14. The molecular weight excluding hydrogens is 220 g/mol. The van der Waals surface area contributed by atoms with Crippen LogP contribution in [-0.2, 0) is 0 Å². The molecule has 1 N–H and O–H groups in total. The molecule has 0 bridgehead atoms. The molecule has 2 unspecified atom stereocenters. The van der Waals surface area contributed by atoms with Crippen molar-refractivity contribution in [3.63, 3.8) is 0 Å². The van der Waals surface area contributed by atoms with E-state index in [0.29, 0.717) is 5.92 Å². The molecule has 1 aliphatic carbocycles. The van der Waals surface area contributed by atoms with E-state index in [1.54, 1.807) is 0 Å². The number of allylic oxidation sites excluding steroid dienone is 2. The Bertz CT molecular complexity index is 210. The third-order valence-corrected chi connectivity index (χ3v) is 4.02. The molecule has 1 rings (SSSR count). The Kier molecular flexibility index (Phi) is 9.28. The molecule has 0 spiro atoms. The summed E-state index contributed by atoms with van der Waals surface area (Å²) in [7, 11) is 0. The van der Waals surface area contributed by atoms with E-state index in [1.165, 1.54) is 64.2 Å². The van der Waals surface area contributed by atoms with E-state index in [1.807, 2.05) is 0 Å². The van der Waals surface area contributed by atoms with Crippen LogP contribution in [0.1, 0.15) is 84.0 Å². The molecule has 0 radical (unpaired) electrons. The predicted molar refractivity (Wildman–Crippen MR) is 79.7 cm³/mol. The van der Waals surface area contributed by atoms with Gasteiger partial charge in [-0.25, -0.2) is 0 Å². The van der Waals surface area contributed by atoms with Gasteiger partial charge in [-0.05, 0) is 31.6 Å². The highest BCUT2D eigenvalue weighted by Crippen LogP contribution is 2.17. The summed E-state index contributed by atoms with van der Waals surface area (Å²) in [6, 6.07) is 0. The number of aliphatic hydroxyl groups excluding tert-OH is 1. The zero-order valence-corrected chi connectivity index (χ0v) is 12.2. The highest BCUT2D eigenvalue weighted by molar-refractivity contribution is 4.87. The molecule has 0 aromatic carbocycles. The van der Waals surface area contributed by atoms with Gasteiger partial charge in [0.2, 0.25) is 0 Å². The van der Waals surface area contributed by atoms with Crippen molar-refractivity contribution in [3.8, 4) is 0 Å². The smallest absolute Gasteiger partial charge is 0.0545 e. The molecule has 0 amide bonds. The minimum absolute atomic E-state index is 0.0856. The summed E-state index contributed by atoms with van der Waals surface area (Å²) in [6.45, 7) is 2.23. The van der Waals surface area contributed by atoms with Gasteiger partial charge in [0.05, 0.1) is 6.10 Å². The third-order valence-electron chi connectivity index (χ3n) is 4.02. The van der Waals surface area contributed by atoms with Crippen molar-refractivity contribution in [2.75, 3.05) is 0 Å². The summed E-state index contributed by atoms with van der Waals surface area (Å²) in [5.41, 5.74) is 0. The van der Waals surface area contributed by atoms with Crippen LogP contribution in [-0.4, -0.2) is 11.2 Å². The van der Waals surface area contributed by atoms with Crippen LogP contribution in [0.5, 0.6) is 0 Å². The second kappa shape index (κ2) is 10.6. The minimum atomic E-state index is -0.0856. The van der Waals surface area contributed by atoms with Crippen molar-refractivity contribution in [3.05, 3.63) is 12.2 Å². The molecule has 0 saturated carbocycles. The first kappa shape index (κ1) is 15.8. The van der Waals surface area contributed by atoms with E-state index in [-0.39, 0.29) is 6.10 Å². The summed E-state index contributed by atoms with van der Waals surface area (Å²) in [4.78, 5) is 0. The van der Waals surface area contributed by atoms with Gasteiger partial charge in [0, 0.05) is 0 Å². The van der Waals surface area contributed by atoms with Gasteiger partial charge in [-0.15, -0.1) is 0 Å². The molecule has 1 heteroatoms. The maximum Gasteiger partial charge on any atom is 0.0545 e. The average Bonchev–Trinajstić information content (AvgIpc) is 2.33. The number of aliphatic hydroxyl groups is 1. The first-order chi connectivity index (χ1) is 8.79. The molecule has 0 aromatic rings. The molecule has 1 nitrogen and oxygen atoms in total. The van der Waals surface area contributed by atoms with Crippen LogP contribution in [0.15, 0.2) is 12.2 Å². The lowest BCUT2D eigenvalue weighted by Gasteiger charge is -2.14. The summed E-state index contributed by atoms with van der Waals surface area (Å²) in [5, 5.41) is 9.96. The van der Waals surface area contributed by atoms with E-state index in [2.05, 4.69) is 19.1 Å². The van der Waals surface area contributed by atoms with Crippen LogP contribution in [0.4, 0.5) is 0 Å². The standard InChI is InChI=1S/C17H32O/c1-16-13-11-9-7-5-3-2-4-6-8-10-12-14-17(18)15-16/h11,13,16-18H,2-10,12,14-15H2,1H3/b13-11-. The minimum Gasteiger partial charge on any atom is -0.393 e. The fourth-order valence-corrected chi connectivity index (χ4v) is 2.83. The Morgan fingerprint density at radius 2 is 1.39 bits per heavy atom. The van der Waals surface area contributed by atoms with E-state index >= 15 is 0 Å². The van der Waals surface area contributed by atoms with Crippen molar-refractivity contribution in [2.45, 2.75) is 90.1 Å². The van der Waals surface area contributed by atoms with Crippen molar-refractivity contribution >= 4 is 0 Å². The highest BCUT2D eigenvalue weighted by atomic mass is 16.3. The lowest BCUT2D eigenvalue weighted by molar-refractivity contribution is 0.140. The second-order valence-corrected chi connectivity index (χ2v) is 6.05. The summed E-state index contributed by atoms with van der Waals surface area (Å²) >= 11 is 0. The maximum absolute atomic E-state index is 9.96. The largest absolute Gasteiger partial charge is 0.393 e. The summed E-state index contributed by atoms with van der Waals surface area (Å²) < 4.78 is 0. The first-order valence-electron chi connectivity index (χ1n) is 8.14. The lowest BCUT2D eigenvalue weighted by Crippen LogP contribution is -2.10. The summed E-state index contributed by atoms with van der Waals surface area (Å²) in [6.07, 6.45) is 20.0. The topological polar surface area (TPSA) is 20.2 Å². The van der Waals surface area contributed by atoms with Gasteiger partial charge in [-0.2, -0.15) is 0 Å². The molecular formula is C17H32O. The van der Waals surface area contributed by atoms with Crippen LogP contribution in [0.25, 0.3) is 0 Å². The maximum atomic E-state index is 9.96. The molecule has 0 heterocycles. The lowest BCUT2D eigenvalue weighted by atomic mass is 9.97. The van der Waals surface area contributed by atoms with Crippen molar-refractivity contribution in [2.24, 2.45) is 5.92 Å². The number of hydrogen-bond acceptors (Lipinski definition) is 1. The van der Waals surface area contributed by atoms with Crippen molar-refractivity contribution < 1.29 is 5.11 Å². The van der Waals surface area contributed by atoms with E-state index in [9.17, 15) is 5.11 Å². The van der Waals surface area contributed by atoms with Gasteiger partial charge in [0.1, 0.15) is 0 Å². The van der Waals surface area contributed by atoms with Crippen molar-refractivity contribution in [1.82, 2.24) is 0 Å². The molecule has 2 atom stereocenters. The Hall–Kier alpha value is -0.300. The zero-order valence-electron chi connectivity index (χ0n) is 12.2. The third kappa shape index (κ3) is 8.74. The monoisotopic (exact) mass is 252 g/mol. The second-order valence-electron chi connectivity index (χ2n) is 6.05. The van der Waals surface area contributed by atoms with Crippen LogP contribution < -0.4 is 0 Å². The van der Waals surface area contributed by atoms with E-state index in [0.717, 1.165) is 12.8 Å². The normalized spacial score (nSPS) is 31.9. The molecule has 0 aliphatic heterocycles. The zero-order chi connectivity index (χ0) is 13.1. The van der Waals surface area contributed by atoms with Crippen LogP contribution in [0.3, 0.4) is 0 Å². The predicted octanol–water partition coefficient (Wildman–Crippen LogP) is 5.23. The van der Waals surface area contributed by atoms with Gasteiger partial charge in [-0.1, -0.05) is 70.4 Å². The quantitative estimate of drug-likeness (QED) is 0.585. The van der Waals surface area contributed by atoms with Crippen LogP contribution in [0.2, 0.25) is 0 Å². The average molecular weight is 252 g/mol. The van der Waals surface area contributed by atoms with Gasteiger partial charge in [0.15, 0.2) is 0 Å². The molecule has 1 aliphatic rings. The Balaban J connectivity index is 2.27. The molecule has 18 heavy (non-hydrogen) atoms. The van der Waals surface area contributed by atoms with Crippen molar-refractivity contribution in [1.29, 1.82) is 0 Å². The summed E-state index contributed by atoms with van der Waals surface area (Å²) in [5.74, 6) is 0.535. The molecule has 0 fully saturated rings. The Morgan fingerprint density at radius 3 is 2.06 bits per heavy atom. The number of rotatable bonds is 0. The number of hydrogen-bond donors (Lipinski definition) is 1. The highest BCUT2D eigenvalue weighted by Gasteiger charge is 2.07. The van der Waals surface area contributed by atoms with Gasteiger partial charge >= 0.3 is 0 Å². The van der Waals surface area contributed by atoms with Gasteiger partial charge in [0.25, 0.3) is 0 Å². The van der Waals surface area contributed by atoms with E-state index in [4.69, 9.17) is 0 Å². The van der Waals surface area contributed by atoms with Gasteiger partial charge < -0.3 is 5.11 Å². The fourth-order valence-electron chi connectivity index (χ4n) is 2.83. The molecule has 0 aromatic heterocycles. The van der Waals surface area contributed by atoms with Gasteiger partial charge in [-0.3, -0.25) is 0 Å². The fraction of sp³-hybridized carbons (Fsp3) is 0.882. The SMILES string of the molecule is CC1/C=C\CCCCCCCCCCCC(O)C1. The molecule has 0 saturated heterocycles. The Labute approximate surface area is 114 Å². The van der Waals surface area contributed by atoms with Crippen LogP contribution >= 0.6 is 0 Å². The Morgan fingerprint density at radius 1 is 0.833 bits per heavy atom.